The zero-order chi connectivity index (χ0) is 19.7. The Bertz CT molecular complexity index is 979. The molecule has 1 amide bonds. The zero-order valence-corrected chi connectivity index (χ0v) is 18.9. The van der Waals surface area contributed by atoms with Crippen LogP contribution in [0.2, 0.25) is 0 Å². The summed E-state index contributed by atoms with van der Waals surface area (Å²) in [7, 11) is 5.92. The van der Waals surface area contributed by atoms with E-state index in [1.54, 1.807) is 20.9 Å². The fourth-order valence-electron chi connectivity index (χ4n) is 3.11. The summed E-state index contributed by atoms with van der Waals surface area (Å²) >= 11 is 1.57. The SMILES string of the molecule is Cc1cn(C)nc1C(=O)N(CCCN(C)C)c1nc2c(C)c(C)ccc2s1.Cl. The first-order valence-corrected chi connectivity index (χ1v) is 9.93. The van der Waals surface area contributed by atoms with Crippen molar-refractivity contribution in [1.29, 1.82) is 0 Å². The molecule has 0 bridgehead atoms. The van der Waals surface area contributed by atoms with Crippen molar-refractivity contribution in [3.63, 3.8) is 0 Å². The normalized spacial score (nSPS) is 11.1. The molecule has 0 aliphatic rings. The molecule has 3 rings (SSSR count). The standard InChI is InChI=1S/C20H27N5OS.ClH/c1-13-8-9-16-18(15(13)3)21-20(27-16)25(11-7-10-23(4)5)19(26)17-14(2)12-24(6)22-17;/h8-9,12H,7,10-11H2,1-6H3;1H. The molecular weight excluding hydrogens is 394 g/mol. The zero-order valence-electron chi connectivity index (χ0n) is 17.3. The Morgan fingerprint density at radius 3 is 2.46 bits per heavy atom. The molecule has 0 unspecified atom stereocenters. The Kier molecular flexibility index (Phi) is 7.20. The number of fused-ring (bicyclic) bond motifs is 1. The van der Waals surface area contributed by atoms with E-state index in [-0.39, 0.29) is 18.3 Å². The molecule has 0 spiro atoms. The van der Waals surface area contributed by atoms with Crippen LogP contribution in [-0.4, -0.2) is 52.8 Å². The number of anilines is 1. The van der Waals surface area contributed by atoms with Crippen molar-refractivity contribution in [3.05, 3.63) is 40.7 Å². The fraction of sp³-hybridized carbons (Fsp3) is 0.450. The molecule has 0 saturated heterocycles. The van der Waals surface area contributed by atoms with Crippen LogP contribution in [0.4, 0.5) is 5.13 Å². The van der Waals surface area contributed by atoms with Gasteiger partial charge in [-0.2, -0.15) is 5.10 Å². The number of amides is 1. The van der Waals surface area contributed by atoms with E-state index in [1.807, 2.05) is 34.3 Å². The number of halogens is 1. The van der Waals surface area contributed by atoms with Crippen molar-refractivity contribution in [2.45, 2.75) is 27.2 Å². The summed E-state index contributed by atoms with van der Waals surface area (Å²) in [6.07, 6.45) is 2.75. The number of thiazole rings is 1. The second-order valence-corrected chi connectivity index (χ2v) is 8.31. The summed E-state index contributed by atoms with van der Waals surface area (Å²) in [6, 6.07) is 4.20. The summed E-state index contributed by atoms with van der Waals surface area (Å²) in [4.78, 5) is 22.0. The van der Waals surface area contributed by atoms with Crippen LogP contribution in [0.25, 0.3) is 10.2 Å². The van der Waals surface area contributed by atoms with Gasteiger partial charge in [-0.1, -0.05) is 17.4 Å². The van der Waals surface area contributed by atoms with Crippen LogP contribution in [0, 0.1) is 20.8 Å². The minimum absolute atomic E-state index is 0. The molecule has 0 N–H and O–H groups in total. The number of carbonyl (C=O) groups excluding carboxylic acids is 1. The molecule has 3 aromatic rings. The van der Waals surface area contributed by atoms with E-state index in [1.165, 1.54) is 11.1 Å². The maximum Gasteiger partial charge on any atom is 0.280 e. The van der Waals surface area contributed by atoms with Gasteiger partial charge in [-0.05, 0) is 65.0 Å². The highest BCUT2D eigenvalue weighted by molar-refractivity contribution is 7.22. The van der Waals surface area contributed by atoms with Crippen LogP contribution in [-0.2, 0) is 7.05 Å². The number of aryl methyl sites for hydroxylation is 4. The van der Waals surface area contributed by atoms with Gasteiger partial charge in [0.2, 0.25) is 0 Å². The number of hydrogen-bond donors (Lipinski definition) is 0. The van der Waals surface area contributed by atoms with E-state index in [0.29, 0.717) is 12.2 Å². The Balaban J connectivity index is 0.00000280. The highest BCUT2D eigenvalue weighted by atomic mass is 35.5. The first-order chi connectivity index (χ1) is 12.8. The van der Waals surface area contributed by atoms with Gasteiger partial charge in [0.1, 0.15) is 0 Å². The molecule has 2 heterocycles. The van der Waals surface area contributed by atoms with Crippen LogP contribution in [0.1, 0.15) is 33.6 Å². The van der Waals surface area contributed by atoms with Crippen molar-refractivity contribution in [2.75, 3.05) is 32.1 Å². The third-order valence-corrected chi connectivity index (χ3v) is 5.79. The third-order valence-electron chi connectivity index (χ3n) is 4.75. The summed E-state index contributed by atoms with van der Waals surface area (Å²) < 4.78 is 2.79. The van der Waals surface area contributed by atoms with E-state index in [4.69, 9.17) is 4.98 Å². The molecule has 0 saturated carbocycles. The lowest BCUT2D eigenvalue weighted by molar-refractivity contribution is 0.0980. The number of carbonyl (C=O) groups is 1. The second kappa shape index (κ2) is 9.03. The molecule has 0 aliphatic carbocycles. The van der Waals surface area contributed by atoms with Gasteiger partial charge in [0.15, 0.2) is 10.8 Å². The first-order valence-electron chi connectivity index (χ1n) is 9.11. The van der Waals surface area contributed by atoms with E-state index in [9.17, 15) is 4.79 Å². The lowest BCUT2D eigenvalue weighted by Crippen LogP contribution is -2.34. The second-order valence-electron chi connectivity index (χ2n) is 7.30. The largest absolute Gasteiger partial charge is 0.309 e. The minimum Gasteiger partial charge on any atom is -0.309 e. The van der Waals surface area contributed by atoms with E-state index in [2.05, 4.69) is 36.0 Å². The summed E-state index contributed by atoms with van der Waals surface area (Å²) in [5.74, 6) is -0.0831. The van der Waals surface area contributed by atoms with Crippen LogP contribution in [0.5, 0.6) is 0 Å². The van der Waals surface area contributed by atoms with Crippen molar-refractivity contribution in [3.8, 4) is 0 Å². The number of rotatable bonds is 6. The van der Waals surface area contributed by atoms with Gasteiger partial charge < -0.3 is 4.90 Å². The van der Waals surface area contributed by atoms with Gasteiger partial charge >= 0.3 is 0 Å². The van der Waals surface area contributed by atoms with Crippen molar-refractivity contribution in [1.82, 2.24) is 19.7 Å². The predicted octanol–water partition coefficient (Wildman–Crippen LogP) is 3.98. The first kappa shape index (κ1) is 22.3. The number of nitrogens with zero attached hydrogens (tertiary/aromatic N) is 5. The van der Waals surface area contributed by atoms with Gasteiger partial charge in [-0.3, -0.25) is 14.4 Å². The molecule has 0 atom stereocenters. The molecule has 0 radical (unpaired) electrons. The average Bonchev–Trinajstić information content (AvgIpc) is 3.17. The van der Waals surface area contributed by atoms with Crippen molar-refractivity contribution in [2.24, 2.45) is 7.05 Å². The smallest absolute Gasteiger partial charge is 0.280 e. The molecule has 152 valence electrons. The summed E-state index contributed by atoms with van der Waals surface area (Å²) in [6.45, 7) is 7.62. The third kappa shape index (κ3) is 4.54. The van der Waals surface area contributed by atoms with Gasteiger partial charge in [0.05, 0.1) is 10.2 Å². The molecule has 0 fully saturated rings. The van der Waals surface area contributed by atoms with Gasteiger partial charge in [-0.25, -0.2) is 4.98 Å². The molecule has 2 aromatic heterocycles. The number of hydrogen-bond acceptors (Lipinski definition) is 5. The highest BCUT2D eigenvalue weighted by Crippen LogP contribution is 2.32. The maximum atomic E-state index is 13.3. The van der Waals surface area contributed by atoms with Crippen molar-refractivity contribution >= 4 is 45.0 Å². The number of benzene rings is 1. The predicted molar refractivity (Wildman–Crippen MR) is 119 cm³/mol. The quantitative estimate of drug-likeness (QED) is 0.604. The molecular formula is C20H28ClN5OS. The molecule has 28 heavy (non-hydrogen) atoms. The van der Waals surface area contributed by atoms with Gasteiger partial charge in [0.25, 0.3) is 5.91 Å². The van der Waals surface area contributed by atoms with Gasteiger partial charge in [-0.15, -0.1) is 12.4 Å². The van der Waals surface area contributed by atoms with Gasteiger partial charge in [0, 0.05) is 25.4 Å². The molecule has 6 nitrogen and oxygen atoms in total. The van der Waals surface area contributed by atoms with Crippen LogP contribution in [0.15, 0.2) is 18.3 Å². The lowest BCUT2D eigenvalue weighted by atomic mass is 10.1. The molecule has 0 aliphatic heterocycles. The van der Waals surface area contributed by atoms with Crippen molar-refractivity contribution < 1.29 is 4.79 Å². The summed E-state index contributed by atoms with van der Waals surface area (Å²) in [5, 5.41) is 5.12. The number of aromatic nitrogens is 3. The Morgan fingerprint density at radius 1 is 1.14 bits per heavy atom. The van der Waals surface area contributed by atoms with Crippen LogP contribution in [0.3, 0.4) is 0 Å². The molecule has 1 aromatic carbocycles. The van der Waals surface area contributed by atoms with Crippen LogP contribution >= 0.6 is 23.7 Å². The maximum absolute atomic E-state index is 13.3. The Morgan fingerprint density at radius 2 is 1.86 bits per heavy atom. The minimum atomic E-state index is -0.0831. The van der Waals surface area contributed by atoms with E-state index in [0.717, 1.165) is 33.9 Å². The average molecular weight is 422 g/mol. The Labute approximate surface area is 176 Å². The Hall–Kier alpha value is -1.96. The van der Waals surface area contributed by atoms with Crippen LogP contribution < -0.4 is 4.90 Å². The topological polar surface area (TPSA) is 54.3 Å². The monoisotopic (exact) mass is 421 g/mol. The van der Waals surface area contributed by atoms with E-state index < -0.39 is 0 Å². The lowest BCUT2D eigenvalue weighted by Gasteiger charge is -2.20. The molecule has 8 heteroatoms. The van der Waals surface area contributed by atoms with E-state index >= 15 is 0 Å². The fourth-order valence-corrected chi connectivity index (χ4v) is 4.15. The highest BCUT2D eigenvalue weighted by Gasteiger charge is 2.25. The summed E-state index contributed by atoms with van der Waals surface area (Å²) in [5.41, 5.74) is 4.75.